The minimum Gasteiger partial charge on any atom is -0.398 e. The molecule has 0 amide bonds. The fraction of sp³-hybridized carbons (Fsp3) is 0.625. The van der Waals surface area contributed by atoms with Crippen LogP contribution in [-0.4, -0.2) is 29.9 Å². The fourth-order valence-corrected chi connectivity index (χ4v) is 2.23. The summed E-state index contributed by atoms with van der Waals surface area (Å²) in [5.74, 6) is -37.3. The molecule has 14 heteroatoms. The lowest BCUT2D eigenvalue weighted by Crippen LogP contribution is -2.69. The third-order valence-corrected chi connectivity index (χ3v) is 4.19. The Bertz CT molecular complexity index is 787. The van der Waals surface area contributed by atoms with E-state index in [1.807, 2.05) is 0 Å². The van der Waals surface area contributed by atoms with Crippen molar-refractivity contribution in [1.29, 1.82) is 0 Å². The molecular weight excluding hydrogens is 453 g/mol. The van der Waals surface area contributed by atoms with Crippen LogP contribution in [0.3, 0.4) is 0 Å². The maximum Gasteiger partial charge on any atom is 0.460 e. The minimum absolute atomic E-state index is 0.152. The van der Waals surface area contributed by atoms with Crippen molar-refractivity contribution < 1.29 is 57.1 Å². The Morgan fingerprint density at radius 3 is 1.37 bits per heavy atom. The molecule has 0 fully saturated rings. The van der Waals surface area contributed by atoms with Gasteiger partial charge in [-0.1, -0.05) is 26.8 Å². The van der Waals surface area contributed by atoms with Crippen LogP contribution in [0.2, 0.25) is 0 Å². The van der Waals surface area contributed by atoms with Gasteiger partial charge in [-0.2, -0.15) is 57.1 Å². The van der Waals surface area contributed by atoms with Crippen LogP contribution < -0.4 is 5.73 Å². The summed E-state index contributed by atoms with van der Waals surface area (Å²) in [6, 6.07) is 1.71. The number of nitrogens with two attached hydrogens (primary N) is 1. The van der Waals surface area contributed by atoms with E-state index in [9.17, 15) is 57.1 Å². The molecular formula is C16H14F13N. The molecule has 30 heavy (non-hydrogen) atoms. The molecule has 0 heterocycles. The molecule has 0 radical (unpaired) electrons. The van der Waals surface area contributed by atoms with Crippen LogP contribution in [-0.2, 0) is 11.3 Å². The Hall–Kier alpha value is -1.89. The summed E-state index contributed by atoms with van der Waals surface area (Å²) in [4.78, 5) is 0. The van der Waals surface area contributed by atoms with Gasteiger partial charge in [-0.3, -0.25) is 0 Å². The normalized spacial score (nSPS) is 15.5. The zero-order valence-electron chi connectivity index (χ0n) is 15.2. The maximum atomic E-state index is 14.3. The highest BCUT2D eigenvalue weighted by molar-refractivity contribution is 5.53. The number of hydrogen-bond acceptors (Lipinski definition) is 1. The van der Waals surface area contributed by atoms with Crippen molar-refractivity contribution in [2.45, 2.75) is 62.0 Å². The Balaban J connectivity index is 3.73. The van der Waals surface area contributed by atoms with Gasteiger partial charge in [0.25, 0.3) is 0 Å². The summed E-state index contributed by atoms with van der Waals surface area (Å²) in [5, 5.41) is 0. The predicted octanol–water partition coefficient (Wildman–Crippen LogP) is 6.76. The van der Waals surface area contributed by atoms with Crippen molar-refractivity contribution in [3.8, 4) is 0 Å². The molecule has 1 rings (SSSR count). The molecule has 0 aliphatic rings. The largest absolute Gasteiger partial charge is 0.460 e. The summed E-state index contributed by atoms with van der Waals surface area (Å²) < 4.78 is 172. The van der Waals surface area contributed by atoms with Crippen LogP contribution in [0, 0.1) is 0 Å². The monoisotopic (exact) mass is 467 g/mol. The highest BCUT2D eigenvalue weighted by Gasteiger charge is 2.91. The van der Waals surface area contributed by atoms with Gasteiger partial charge < -0.3 is 5.73 Å². The molecule has 1 aromatic rings. The zero-order valence-corrected chi connectivity index (χ0v) is 15.2. The first-order chi connectivity index (χ1) is 12.9. The van der Waals surface area contributed by atoms with E-state index in [1.165, 1.54) is 20.8 Å². The van der Waals surface area contributed by atoms with Crippen molar-refractivity contribution in [3.05, 3.63) is 29.3 Å². The molecule has 0 spiro atoms. The Morgan fingerprint density at radius 2 is 1.00 bits per heavy atom. The number of halogens is 13. The standard InChI is InChI=1S/C16H14F13N/c1-10(2,3)7-4-5-9(30)8(6-7)11(17,18)12(19,20)13(21,22)14(23,24)15(25,26)16(27,28)29/h4-6H,30H2,1-3H3. The smallest absolute Gasteiger partial charge is 0.398 e. The average molecular weight is 467 g/mol. The second kappa shape index (κ2) is 6.81. The van der Waals surface area contributed by atoms with E-state index in [4.69, 9.17) is 5.73 Å². The molecule has 2 N–H and O–H groups in total. The number of nitrogen functional groups attached to an aromatic ring is 1. The van der Waals surface area contributed by atoms with E-state index in [1.54, 1.807) is 0 Å². The second-order valence-corrected chi connectivity index (χ2v) is 7.42. The topological polar surface area (TPSA) is 26.0 Å². The van der Waals surface area contributed by atoms with Gasteiger partial charge in [0.15, 0.2) is 0 Å². The molecule has 1 nitrogen and oxygen atoms in total. The molecule has 0 unspecified atom stereocenters. The van der Waals surface area contributed by atoms with E-state index in [0.29, 0.717) is 6.07 Å². The van der Waals surface area contributed by atoms with Crippen molar-refractivity contribution in [2.24, 2.45) is 0 Å². The van der Waals surface area contributed by atoms with Gasteiger partial charge in [-0.15, -0.1) is 0 Å². The number of anilines is 1. The van der Waals surface area contributed by atoms with Crippen molar-refractivity contribution >= 4 is 5.69 Å². The first-order valence-corrected chi connectivity index (χ1v) is 7.73. The van der Waals surface area contributed by atoms with Crippen molar-refractivity contribution in [1.82, 2.24) is 0 Å². The molecule has 0 atom stereocenters. The molecule has 1 aromatic carbocycles. The van der Waals surface area contributed by atoms with E-state index >= 15 is 0 Å². The minimum atomic E-state index is -7.94. The summed E-state index contributed by atoms with van der Waals surface area (Å²) in [5.41, 5.74) is 0.287. The van der Waals surface area contributed by atoms with Gasteiger partial charge in [0.05, 0.1) is 5.56 Å². The quantitative estimate of drug-likeness (QED) is 0.376. The van der Waals surface area contributed by atoms with E-state index in [0.717, 1.165) is 6.07 Å². The molecule has 174 valence electrons. The number of rotatable bonds is 5. The molecule has 0 saturated heterocycles. The van der Waals surface area contributed by atoms with Gasteiger partial charge >= 0.3 is 35.8 Å². The Morgan fingerprint density at radius 1 is 0.600 bits per heavy atom. The van der Waals surface area contributed by atoms with Gasteiger partial charge in [-0.05, 0) is 23.1 Å². The fourth-order valence-electron chi connectivity index (χ4n) is 2.23. The predicted molar refractivity (Wildman–Crippen MR) is 79.3 cm³/mol. The van der Waals surface area contributed by atoms with Crippen LogP contribution in [0.15, 0.2) is 18.2 Å². The average Bonchev–Trinajstić information content (AvgIpc) is 2.52. The van der Waals surface area contributed by atoms with Crippen LogP contribution in [0.1, 0.15) is 31.9 Å². The number of benzene rings is 1. The zero-order chi connectivity index (χ0) is 24.4. The van der Waals surface area contributed by atoms with Gasteiger partial charge in [0.2, 0.25) is 0 Å². The third kappa shape index (κ3) is 3.55. The molecule has 0 aromatic heterocycles. The highest BCUT2D eigenvalue weighted by Crippen LogP contribution is 2.62. The SMILES string of the molecule is CC(C)(C)c1ccc(N)c(C(F)(F)C(F)(F)C(F)(F)C(F)(F)C(F)(F)C(F)(F)F)c1. The van der Waals surface area contributed by atoms with Crippen molar-refractivity contribution in [3.63, 3.8) is 0 Å². The van der Waals surface area contributed by atoms with Crippen molar-refractivity contribution in [2.75, 3.05) is 5.73 Å². The van der Waals surface area contributed by atoms with Crippen LogP contribution in [0.25, 0.3) is 0 Å². The number of hydrogen-bond donors (Lipinski definition) is 1. The van der Waals surface area contributed by atoms with E-state index < -0.39 is 52.5 Å². The van der Waals surface area contributed by atoms with Crippen LogP contribution in [0.4, 0.5) is 62.8 Å². The number of alkyl halides is 13. The lowest BCUT2D eigenvalue weighted by molar-refractivity contribution is -0.441. The summed E-state index contributed by atoms with van der Waals surface area (Å²) in [6.45, 7) is 4.06. The van der Waals surface area contributed by atoms with E-state index in [2.05, 4.69) is 0 Å². The summed E-state index contributed by atoms with van der Waals surface area (Å²) >= 11 is 0. The first-order valence-electron chi connectivity index (χ1n) is 7.73. The lowest BCUT2D eigenvalue weighted by Gasteiger charge is -2.40. The molecule has 0 aliphatic carbocycles. The highest BCUT2D eigenvalue weighted by atomic mass is 19.4. The Kier molecular flexibility index (Phi) is 5.93. The molecule has 0 bridgehead atoms. The third-order valence-electron chi connectivity index (χ3n) is 4.19. The van der Waals surface area contributed by atoms with Gasteiger partial charge in [0.1, 0.15) is 0 Å². The second-order valence-electron chi connectivity index (χ2n) is 7.42. The summed E-state index contributed by atoms with van der Waals surface area (Å²) in [6.07, 6.45) is -7.45. The summed E-state index contributed by atoms with van der Waals surface area (Å²) in [7, 11) is 0. The van der Waals surface area contributed by atoms with Crippen LogP contribution >= 0.6 is 0 Å². The maximum absolute atomic E-state index is 14.3. The van der Waals surface area contributed by atoms with Gasteiger partial charge in [-0.25, -0.2) is 0 Å². The van der Waals surface area contributed by atoms with E-state index in [-0.39, 0.29) is 11.6 Å². The Labute approximate surface area is 161 Å². The molecule has 0 saturated carbocycles. The van der Waals surface area contributed by atoms with Gasteiger partial charge in [0, 0.05) is 5.69 Å². The van der Waals surface area contributed by atoms with Crippen LogP contribution in [0.5, 0.6) is 0 Å². The first kappa shape index (κ1) is 26.1. The molecule has 0 aliphatic heterocycles. The lowest BCUT2D eigenvalue weighted by atomic mass is 9.83.